The van der Waals surface area contributed by atoms with Crippen LogP contribution >= 0.6 is 11.3 Å². The number of rotatable bonds is 8. The lowest BCUT2D eigenvalue weighted by atomic mass is 10.00. The standard InChI is InChI=1S/C26H31N3O5S2/c1-32-24-4-2-3-5-25(24)33-21-6-8-23(9-7-21)36(30,31)29-17-10-20(11-18-29)28-15-12-22(13-16-28)34-26-27-14-19-35-26/h2-9,14,19-20,22H,10-13,15-18H2,1H3. The SMILES string of the molecule is COc1ccccc1Oc1ccc(S(=O)(=O)N2CCC(N3CCC(Oc4nccs4)CC3)CC2)cc1. The van der Waals surface area contributed by atoms with Crippen LogP contribution in [0.15, 0.2) is 65.0 Å². The topological polar surface area (TPSA) is 81.2 Å². The summed E-state index contributed by atoms with van der Waals surface area (Å²) in [6, 6.07) is 14.4. The van der Waals surface area contributed by atoms with Crippen LogP contribution in [0.4, 0.5) is 0 Å². The van der Waals surface area contributed by atoms with Crippen LogP contribution in [-0.4, -0.2) is 68.0 Å². The third-order valence-corrected chi connectivity index (χ3v) is 9.43. The highest BCUT2D eigenvalue weighted by atomic mass is 32.2. The van der Waals surface area contributed by atoms with Crippen molar-refractivity contribution in [1.82, 2.24) is 14.2 Å². The lowest BCUT2D eigenvalue weighted by molar-refractivity contribution is 0.0584. The van der Waals surface area contributed by atoms with Gasteiger partial charge in [0.25, 0.3) is 5.19 Å². The van der Waals surface area contributed by atoms with Gasteiger partial charge in [0.15, 0.2) is 11.5 Å². The zero-order valence-corrected chi connectivity index (χ0v) is 21.9. The molecule has 2 fully saturated rings. The average molecular weight is 530 g/mol. The van der Waals surface area contributed by atoms with E-state index in [1.807, 2.05) is 29.6 Å². The van der Waals surface area contributed by atoms with Crippen LogP contribution in [-0.2, 0) is 10.0 Å². The molecule has 8 nitrogen and oxygen atoms in total. The molecule has 36 heavy (non-hydrogen) atoms. The Labute approximate surface area is 216 Å². The lowest BCUT2D eigenvalue weighted by Gasteiger charge is -2.41. The van der Waals surface area contributed by atoms with Gasteiger partial charge in [-0.3, -0.25) is 0 Å². The molecule has 1 aromatic heterocycles. The van der Waals surface area contributed by atoms with Gasteiger partial charge in [-0.25, -0.2) is 13.4 Å². The zero-order valence-electron chi connectivity index (χ0n) is 20.3. The summed E-state index contributed by atoms with van der Waals surface area (Å²) in [5.74, 6) is 1.75. The van der Waals surface area contributed by atoms with E-state index >= 15 is 0 Å². The summed E-state index contributed by atoms with van der Waals surface area (Å²) in [5.41, 5.74) is 0. The van der Waals surface area contributed by atoms with Crippen molar-refractivity contribution < 1.29 is 22.6 Å². The van der Waals surface area contributed by atoms with Gasteiger partial charge < -0.3 is 19.1 Å². The van der Waals surface area contributed by atoms with Gasteiger partial charge in [-0.1, -0.05) is 23.5 Å². The van der Waals surface area contributed by atoms with Crippen LogP contribution in [0.3, 0.4) is 0 Å². The first-order valence-electron chi connectivity index (χ1n) is 12.2. The van der Waals surface area contributed by atoms with Gasteiger partial charge in [0.05, 0.1) is 12.0 Å². The van der Waals surface area contributed by atoms with Crippen LogP contribution in [0.25, 0.3) is 0 Å². The summed E-state index contributed by atoms with van der Waals surface area (Å²) in [6.45, 7) is 3.01. The maximum Gasteiger partial charge on any atom is 0.273 e. The van der Waals surface area contributed by atoms with E-state index in [9.17, 15) is 8.42 Å². The molecule has 192 valence electrons. The fraction of sp³-hybridized carbons (Fsp3) is 0.423. The van der Waals surface area contributed by atoms with E-state index in [1.54, 1.807) is 41.9 Å². The molecule has 2 saturated heterocycles. The number of thiazole rings is 1. The zero-order chi connectivity index (χ0) is 25.0. The maximum absolute atomic E-state index is 13.3. The maximum atomic E-state index is 13.3. The van der Waals surface area contributed by atoms with E-state index in [2.05, 4.69) is 9.88 Å². The Kier molecular flexibility index (Phi) is 7.76. The molecule has 0 bridgehead atoms. The third kappa shape index (κ3) is 5.67. The van der Waals surface area contributed by atoms with Gasteiger partial charge in [0.1, 0.15) is 11.9 Å². The molecule has 0 spiro atoms. The largest absolute Gasteiger partial charge is 0.493 e. The van der Waals surface area contributed by atoms with Gasteiger partial charge in [-0.2, -0.15) is 4.31 Å². The smallest absolute Gasteiger partial charge is 0.273 e. The quantitative estimate of drug-likeness (QED) is 0.421. The molecule has 0 saturated carbocycles. The molecule has 0 radical (unpaired) electrons. The number of hydrogen-bond donors (Lipinski definition) is 0. The Bertz CT molecular complexity index is 1220. The normalized spacial score (nSPS) is 18.7. The molecule has 3 heterocycles. The van der Waals surface area contributed by atoms with Crippen molar-refractivity contribution in [3.63, 3.8) is 0 Å². The first kappa shape index (κ1) is 25.0. The molecular weight excluding hydrogens is 498 g/mol. The lowest BCUT2D eigenvalue weighted by Crippen LogP contribution is -2.50. The minimum Gasteiger partial charge on any atom is -0.493 e. The van der Waals surface area contributed by atoms with Crippen molar-refractivity contribution in [3.8, 4) is 22.4 Å². The van der Waals surface area contributed by atoms with Gasteiger partial charge in [-0.05, 0) is 62.1 Å². The molecule has 3 aromatic rings. The minimum atomic E-state index is -3.55. The number of benzene rings is 2. The van der Waals surface area contributed by atoms with Crippen molar-refractivity contribution >= 4 is 21.4 Å². The van der Waals surface area contributed by atoms with Crippen LogP contribution in [0.1, 0.15) is 25.7 Å². The highest BCUT2D eigenvalue weighted by Crippen LogP contribution is 2.32. The molecule has 0 amide bonds. The van der Waals surface area contributed by atoms with E-state index in [1.165, 1.54) is 11.3 Å². The van der Waals surface area contributed by atoms with Crippen molar-refractivity contribution in [1.29, 1.82) is 0 Å². The first-order valence-corrected chi connectivity index (χ1v) is 14.6. The summed E-state index contributed by atoms with van der Waals surface area (Å²) < 4.78 is 45.3. The molecule has 0 unspecified atom stereocenters. The van der Waals surface area contributed by atoms with E-state index in [0.29, 0.717) is 36.4 Å². The van der Waals surface area contributed by atoms with Crippen LogP contribution in [0.2, 0.25) is 0 Å². The predicted octanol–water partition coefficient (Wildman–Crippen LogP) is 4.64. The fourth-order valence-electron chi connectivity index (χ4n) is 4.88. The first-order chi connectivity index (χ1) is 17.5. The summed E-state index contributed by atoms with van der Waals surface area (Å²) in [5, 5.41) is 2.67. The summed E-state index contributed by atoms with van der Waals surface area (Å²) in [7, 11) is -1.96. The van der Waals surface area contributed by atoms with Crippen LogP contribution < -0.4 is 14.2 Å². The van der Waals surface area contributed by atoms with Gasteiger partial charge in [0, 0.05) is 43.8 Å². The molecule has 10 heteroatoms. The Balaban J connectivity index is 1.13. The molecule has 2 aliphatic heterocycles. The van der Waals surface area contributed by atoms with Crippen LogP contribution in [0, 0.1) is 0 Å². The van der Waals surface area contributed by atoms with Crippen molar-refractivity contribution in [2.75, 3.05) is 33.3 Å². The monoisotopic (exact) mass is 529 g/mol. The molecular formula is C26H31N3O5S2. The Hall–Kier alpha value is -2.66. The minimum absolute atomic E-state index is 0.211. The highest BCUT2D eigenvalue weighted by molar-refractivity contribution is 7.89. The number of ether oxygens (including phenoxy) is 3. The van der Waals surface area contributed by atoms with Gasteiger partial charge in [-0.15, -0.1) is 0 Å². The van der Waals surface area contributed by atoms with Gasteiger partial charge in [0.2, 0.25) is 10.0 Å². The molecule has 2 aromatic carbocycles. The second-order valence-electron chi connectivity index (χ2n) is 9.01. The number of methoxy groups -OCH3 is 1. The molecule has 0 N–H and O–H groups in total. The predicted molar refractivity (Wildman–Crippen MR) is 139 cm³/mol. The number of hydrogen-bond acceptors (Lipinski definition) is 8. The second-order valence-corrected chi connectivity index (χ2v) is 11.8. The number of sulfonamides is 1. The fourth-order valence-corrected chi connectivity index (χ4v) is 6.90. The van der Waals surface area contributed by atoms with Crippen LogP contribution in [0.5, 0.6) is 22.4 Å². The Morgan fingerprint density at radius 2 is 1.61 bits per heavy atom. The van der Waals surface area contributed by atoms with Gasteiger partial charge >= 0.3 is 0 Å². The number of aromatic nitrogens is 1. The molecule has 0 atom stereocenters. The van der Waals surface area contributed by atoms with Crippen molar-refractivity contribution in [2.24, 2.45) is 0 Å². The third-order valence-electron chi connectivity index (χ3n) is 6.85. The second kappa shape index (κ2) is 11.2. The van der Waals surface area contributed by atoms with E-state index in [4.69, 9.17) is 14.2 Å². The summed E-state index contributed by atoms with van der Waals surface area (Å²) in [4.78, 5) is 7.00. The summed E-state index contributed by atoms with van der Waals surface area (Å²) >= 11 is 1.53. The summed E-state index contributed by atoms with van der Waals surface area (Å²) in [6.07, 6.45) is 5.60. The molecule has 2 aliphatic rings. The average Bonchev–Trinajstić information content (AvgIpc) is 3.43. The van der Waals surface area contributed by atoms with Crippen molar-refractivity contribution in [3.05, 3.63) is 60.1 Å². The number of likely N-dealkylation sites (tertiary alicyclic amines) is 1. The molecule has 5 rings (SSSR count). The van der Waals surface area contributed by atoms with E-state index < -0.39 is 10.0 Å². The molecule has 0 aliphatic carbocycles. The Morgan fingerprint density at radius 3 is 2.25 bits per heavy atom. The highest BCUT2D eigenvalue weighted by Gasteiger charge is 2.33. The number of nitrogens with zero attached hydrogens (tertiary/aromatic N) is 3. The number of piperidine rings is 2. The Morgan fingerprint density at radius 1 is 0.917 bits per heavy atom. The van der Waals surface area contributed by atoms with E-state index in [-0.39, 0.29) is 11.0 Å². The number of para-hydroxylation sites is 2. The van der Waals surface area contributed by atoms with Crippen molar-refractivity contribution in [2.45, 2.75) is 42.7 Å². The van der Waals surface area contributed by atoms with E-state index in [0.717, 1.165) is 44.0 Å².